The van der Waals surface area contributed by atoms with Crippen molar-refractivity contribution in [3.05, 3.63) is 24.2 Å². The van der Waals surface area contributed by atoms with E-state index in [4.69, 9.17) is 19.0 Å². The van der Waals surface area contributed by atoms with E-state index < -0.39 is 0 Å². The number of anilines is 1. The predicted octanol–water partition coefficient (Wildman–Crippen LogP) is 2.51. The van der Waals surface area contributed by atoms with Crippen LogP contribution in [0.2, 0.25) is 0 Å². The number of nitrogens with zero attached hydrogens (tertiary/aromatic N) is 4. The van der Waals surface area contributed by atoms with Crippen molar-refractivity contribution in [3.63, 3.8) is 0 Å². The number of ether oxygens (including phenoxy) is 2. The van der Waals surface area contributed by atoms with Gasteiger partial charge in [-0.15, -0.1) is 0 Å². The third-order valence-corrected chi connectivity index (χ3v) is 5.31. The smallest absolute Gasteiger partial charge is 0.244 e. The molecule has 8 nitrogen and oxygen atoms in total. The molecule has 4 heterocycles. The summed E-state index contributed by atoms with van der Waals surface area (Å²) in [6.07, 6.45) is 6.16. The van der Waals surface area contributed by atoms with Gasteiger partial charge in [0, 0.05) is 44.7 Å². The molecule has 0 bridgehead atoms. The SMILES string of the molecule is COCCNc1cc(-c2noc(C3CCCN3C3CCOCC3)n2)ccn1. The lowest BCUT2D eigenvalue weighted by molar-refractivity contribution is 0.0243. The van der Waals surface area contributed by atoms with E-state index in [2.05, 4.69) is 20.4 Å². The second-order valence-corrected chi connectivity index (χ2v) is 7.04. The van der Waals surface area contributed by atoms with E-state index in [0.29, 0.717) is 25.0 Å². The second-order valence-electron chi connectivity index (χ2n) is 7.04. The van der Waals surface area contributed by atoms with Crippen LogP contribution in [0.3, 0.4) is 0 Å². The summed E-state index contributed by atoms with van der Waals surface area (Å²) in [5.74, 6) is 2.11. The van der Waals surface area contributed by atoms with Gasteiger partial charge in [-0.2, -0.15) is 4.98 Å². The lowest BCUT2D eigenvalue weighted by atomic mass is 10.1. The summed E-state index contributed by atoms with van der Waals surface area (Å²) >= 11 is 0. The minimum Gasteiger partial charge on any atom is -0.383 e. The van der Waals surface area contributed by atoms with Crippen LogP contribution in [0.15, 0.2) is 22.9 Å². The molecule has 2 aliphatic heterocycles. The van der Waals surface area contributed by atoms with Crippen LogP contribution in [0.25, 0.3) is 11.4 Å². The number of hydrogen-bond donors (Lipinski definition) is 1. The number of nitrogens with one attached hydrogen (secondary N) is 1. The summed E-state index contributed by atoms with van der Waals surface area (Å²) in [6.45, 7) is 4.11. The molecule has 1 unspecified atom stereocenters. The van der Waals surface area contributed by atoms with Crippen molar-refractivity contribution >= 4 is 5.82 Å². The fraction of sp³-hybridized carbons (Fsp3) is 0.632. The first-order valence-corrected chi connectivity index (χ1v) is 9.71. The molecule has 0 saturated carbocycles. The third kappa shape index (κ3) is 4.28. The zero-order chi connectivity index (χ0) is 18.5. The average molecular weight is 373 g/mol. The molecular weight excluding hydrogens is 346 g/mol. The van der Waals surface area contributed by atoms with Gasteiger partial charge in [-0.25, -0.2) is 4.98 Å². The van der Waals surface area contributed by atoms with E-state index in [0.717, 1.165) is 56.3 Å². The zero-order valence-electron chi connectivity index (χ0n) is 15.8. The van der Waals surface area contributed by atoms with Gasteiger partial charge in [0.25, 0.3) is 0 Å². The lowest BCUT2D eigenvalue weighted by Gasteiger charge is -2.33. The van der Waals surface area contributed by atoms with Gasteiger partial charge in [-0.3, -0.25) is 4.90 Å². The first kappa shape index (κ1) is 18.3. The maximum atomic E-state index is 5.67. The maximum Gasteiger partial charge on any atom is 0.244 e. The summed E-state index contributed by atoms with van der Waals surface area (Å²) in [7, 11) is 1.68. The summed E-state index contributed by atoms with van der Waals surface area (Å²) < 4.78 is 16.2. The van der Waals surface area contributed by atoms with Gasteiger partial charge in [-0.1, -0.05) is 5.16 Å². The van der Waals surface area contributed by atoms with Gasteiger partial charge in [0.1, 0.15) is 5.82 Å². The third-order valence-electron chi connectivity index (χ3n) is 5.31. The molecule has 8 heteroatoms. The van der Waals surface area contributed by atoms with Crippen molar-refractivity contribution in [2.45, 2.75) is 37.8 Å². The van der Waals surface area contributed by atoms with E-state index in [1.165, 1.54) is 6.42 Å². The van der Waals surface area contributed by atoms with Crippen LogP contribution in [0.4, 0.5) is 5.82 Å². The Balaban J connectivity index is 1.47. The zero-order valence-corrected chi connectivity index (χ0v) is 15.8. The molecular formula is C19H27N5O3. The minimum absolute atomic E-state index is 0.218. The van der Waals surface area contributed by atoms with Crippen LogP contribution in [-0.4, -0.2) is 66.1 Å². The number of rotatable bonds is 7. The molecule has 2 saturated heterocycles. The highest BCUT2D eigenvalue weighted by atomic mass is 16.5. The van der Waals surface area contributed by atoms with Gasteiger partial charge in [0.05, 0.1) is 12.6 Å². The number of likely N-dealkylation sites (tertiary alicyclic amines) is 1. The van der Waals surface area contributed by atoms with Crippen LogP contribution in [0, 0.1) is 0 Å². The number of hydrogen-bond acceptors (Lipinski definition) is 8. The highest BCUT2D eigenvalue weighted by Gasteiger charge is 2.36. The topological polar surface area (TPSA) is 85.5 Å². The van der Waals surface area contributed by atoms with E-state index in [1.54, 1.807) is 13.3 Å². The molecule has 2 aliphatic rings. The summed E-state index contributed by atoms with van der Waals surface area (Å²) in [4.78, 5) is 11.6. The maximum absolute atomic E-state index is 5.67. The normalized spacial score (nSPS) is 21.6. The molecule has 0 aromatic carbocycles. The van der Waals surface area contributed by atoms with Gasteiger partial charge in [0.2, 0.25) is 11.7 Å². The van der Waals surface area contributed by atoms with Crippen molar-refractivity contribution in [1.29, 1.82) is 0 Å². The Morgan fingerprint density at radius 3 is 3.04 bits per heavy atom. The molecule has 1 N–H and O–H groups in total. The van der Waals surface area contributed by atoms with Crippen molar-refractivity contribution in [1.82, 2.24) is 20.0 Å². The Labute approximate surface area is 159 Å². The van der Waals surface area contributed by atoms with E-state index in [-0.39, 0.29) is 6.04 Å². The number of methoxy groups -OCH3 is 1. The molecule has 4 rings (SSSR count). The first-order chi connectivity index (χ1) is 13.3. The van der Waals surface area contributed by atoms with Gasteiger partial charge in [-0.05, 0) is 44.4 Å². The Kier molecular flexibility index (Phi) is 5.96. The monoisotopic (exact) mass is 373 g/mol. The van der Waals surface area contributed by atoms with E-state index in [9.17, 15) is 0 Å². The average Bonchev–Trinajstić information content (AvgIpc) is 3.39. The highest BCUT2D eigenvalue weighted by Crippen LogP contribution is 2.35. The van der Waals surface area contributed by atoms with Crippen LogP contribution in [0.5, 0.6) is 0 Å². The fourth-order valence-electron chi connectivity index (χ4n) is 3.94. The molecule has 0 amide bonds. The largest absolute Gasteiger partial charge is 0.383 e. The summed E-state index contributed by atoms with van der Waals surface area (Å²) in [5.41, 5.74) is 0.899. The molecule has 0 aliphatic carbocycles. The predicted molar refractivity (Wildman–Crippen MR) is 100 cm³/mol. The fourth-order valence-corrected chi connectivity index (χ4v) is 3.94. The molecule has 2 fully saturated rings. The van der Waals surface area contributed by atoms with Crippen molar-refractivity contribution in [2.75, 3.05) is 45.3 Å². The van der Waals surface area contributed by atoms with Crippen LogP contribution >= 0.6 is 0 Å². The van der Waals surface area contributed by atoms with Gasteiger partial charge >= 0.3 is 0 Å². The Morgan fingerprint density at radius 1 is 1.30 bits per heavy atom. The molecule has 1 atom stereocenters. The van der Waals surface area contributed by atoms with Crippen LogP contribution in [0.1, 0.15) is 37.6 Å². The lowest BCUT2D eigenvalue weighted by Crippen LogP contribution is -2.39. The van der Waals surface area contributed by atoms with Crippen molar-refractivity contribution < 1.29 is 14.0 Å². The van der Waals surface area contributed by atoms with E-state index in [1.807, 2.05) is 12.1 Å². The molecule has 0 radical (unpaired) electrons. The second kappa shape index (κ2) is 8.77. The summed E-state index contributed by atoms with van der Waals surface area (Å²) in [5, 5.41) is 7.46. The Morgan fingerprint density at radius 2 is 2.19 bits per heavy atom. The quantitative estimate of drug-likeness (QED) is 0.741. The Hall–Kier alpha value is -2.03. The first-order valence-electron chi connectivity index (χ1n) is 9.71. The number of pyridine rings is 1. The molecule has 2 aromatic rings. The van der Waals surface area contributed by atoms with Gasteiger partial charge in [0.15, 0.2) is 0 Å². The highest BCUT2D eigenvalue weighted by molar-refractivity contribution is 5.58. The molecule has 146 valence electrons. The Bertz CT molecular complexity index is 732. The van der Waals surface area contributed by atoms with Crippen LogP contribution in [-0.2, 0) is 9.47 Å². The molecule has 2 aromatic heterocycles. The van der Waals surface area contributed by atoms with Crippen LogP contribution < -0.4 is 5.32 Å². The number of aromatic nitrogens is 3. The van der Waals surface area contributed by atoms with Crippen molar-refractivity contribution in [3.8, 4) is 11.4 Å². The van der Waals surface area contributed by atoms with E-state index >= 15 is 0 Å². The summed E-state index contributed by atoms with van der Waals surface area (Å²) in [6, 6.07) is 4.62. The van der Waals surface area contributed by atoms with Crippen molar-refractivity contribution in [2.24, 2.45) is 0 Å². The molecule has 27 heavy (non-hydrogen) atoms. The standard InChI is InChI=1S/C19H27N5O3/c1-25-12-8-21-17-13-14(4-7-20-17)18-22-19(27-23-18)16-3-2-9-24(16)15-5-10-26-11-6-15/h4,7,13,15-16H,2-3,5-6,8-12H2,1H3,(H,20,21). The van der Waals surface area contributed by atoms with Gasteiger partial charge < -0.3 is 19.3 Å². The minimum atomic E-state index is 0.218. The molecule has 0 spiro atoms.